The molecule has 2 aromatic heterocycles. The highest BCUT2D eigenvalue weighted by atomic mass is 16.5. The third-order valence-corrected chi connectivity index (χ3v) is 6.23. The molecule has 5 rings (SSSR count). The van der Waals surface area contributed by atoms with Crippen LogP contribution in [-0.2, 0) is 4.79 Å². The molecule has 0 saturated carbocycles. The topological polar surface area (TPSA) is 92.4 Å². The predicted molar refractivity (Wildman–Crippen MR) is 137 cm³/mol. The Kier molecular flexibility index (Phi) is 6.63. The lowest BCUT2D eigenvalue weighted by Crippen LogP contribution is -2.32. The molecule has 2 N–H and O–H groups in total. The molecule has 1 amide bonds. The number of aromatic nitrogens is 3. The molecule has 4 aromatic rings. The fourth-order valence-electron chi connectivity index (χ4n) is 4.46. The van der Waals surface area contributed by atoms with Gasteiger partial charge in [-0.2, -0.15) is 0 Å². The Bertz CT molecular complexity index is 1390. The standard InChI is InChI=1S/C27H29N5O3/c1-18-13-20-14-21(6-7-23(20)31-18)35-27-22-16-25(34-2)19(15-24(22)29-17-30-27)5-8-26(33)28-9-12-32-10-3-4-11-32/h5-8,13-17,31H,3-4,9-12H2,1-2H3,(H,28,33). The number of methoxy groups -OCH3 is 1. The monoisotopic (exact) mass is 471 g/mol. The molecule has 0 unspecified atom stereocenters. The molecule has 3 heterocycles. The zero-order chi connectivity index (χ0) is 24.2. The Labute approximate surface area is 204 Å². The Morgan fingerprint density at radius 2 is 2.03 bits per heavy atom. The minimum atomic E-state index is -0.131. The van der Waals surface area contributed by atoms with Gasteiger partial charge in [0.15, 0.2) is 0 Å². The van der Waals surface area contributed by atoms with E-state index in [9.17, 15) is 4.79 Å². The number of amides is 1. The number of fused-ring (bicyclic) bond motifs is 2. The van der Waals surface area contributed by atoms with Gasteiger partial charge in [0.25, 0.3) is 0 Å². The van der Waals surface area contributed by atoms with Gasteiger partial charge in [-0.3, -0.25) is 4.79 Å². The molecular weight excluding hydrogens is 442 g/mol. The summed E-state index contributed by atoms with van der Waals surface area (Å²) in [5.41, 5.74) is 3.60. The van der Waals surface area contributed by atoms with Crippen LogP contribution in [0.1, 0.15) is 24.1 Å². The van der Waals surface area contributed by atoms with E-state index in [4.69, 9.17) is 9.47 Å². The largest absolute Gasteiger partial charge is 0.496 e. The van der Waals surface area contributed by atoms with E-state index >= 15 is 0 Å². The summed E-state index contributed by atoms with van der Waals surface area (Å²) in [5, 5.41) is 4.74. The lowest BCUT2D eigenvalue weighted by atomic mass is 10.1. The van der Waals surface area contributed by atoms with Crippen LogP contribution in [0.15, 0.2) is 48.8 Å². The lowest BCUT2D eigenvalue weighted by Gasteiger charge is -2.14. The van der Waals surface area contributed by atoms with Gasteiger partial charge in [0.05, 0.1) is 18.0 Å². The van der Waals surface area contributed by atoms with E-state index in [1.807, 2.05) is 37.3 Å². The molecule has 35 heavy (non-hydrogen) atoms. The number of H-pyrrole nitrogens is 1. The number of hydrogen-bond donors (Lipinski definition) is 2. The van der Waals surface area contributed by atoms with E-state index in [1.165, 1.54) is 25.2 Å². The van der Waals surface area contributed by atoms with Crippen molar-refractivity contribution in [3.8, 4) is 17.4 Å². The van der Waals surface area contributed by atoms with Crippen molar-refractivity contribution in [2.24, 2.45) is 0 Å². The van der Waals surface area contributed by atoms with Crippen LogP contribution in [0.2, 0.25) is 0 Å². The Morgan fingerprint density at radius 1 is 1.17 bits per heavy atom. The van der Waals surface area contributed by atoms with Gasteiger partial charge in [-0.1, -0.05) is 0 Å². The van der Waals surface area contributed by atoms with Gasteiger partial charge >= 0.3 is 0 Å². The van der Waals surface area contributed by atoms with Crippen LogP contribution in [0.5, 0.6) is 17.4 Å². The van der Waals surface area contributed by atoms with Gasteiger partial charge in [-0.25, -0.2) is 9.97 Å². The second-order valence-corrected chi connectivity index (χ2v) is 8.77. The van der Waals surface area contributed by atoms with Crippen molar-refractivity contribution in [1.82, 2.24) is 25.2 Å². The summed E-state index contributed by atoms with van der Waals surface area (Å²) < 4.78 is 11.7. The van der Waals surface area contributed by atoms with E-state index in [2.05, 4.69) is 31.2 Å². The molecule has 180 valence electrons. The fourth-order valence-corrected chi connectivity index (χ4v) is 4.46. The normalized spacial score (nSPS) is 14.2. The first-order valence-electron chi connectivity index (χ1n) is 11.9. The van der Waals surface area contributed by atoms with Crippen LogP contribution in [0.3, 0.4) is 0 Å². The molecule has 0 bridgehead atoms. The third kappa shape index (κ3) is 5.27. The minimum Gasteiger partial charge on any atom is -0.496 e. The van der Waals surface area contributed by atoms with Gasteiger partial charge in [-0.15, -0.1) is 0 Å². The average molecular weight is 472 g/mol. The highest BCUT2D eigenvalue weighted by molar-refractivity contribution is 5.94. The molecule has 2 aromatic carbocycles. The highest BCUT2D eigenvalue weighted by Crippen LogP contribution is 2.33. The number of nitrogens with zero attached hydrogens (tertiary/aromatic N) is 3. The van der Waals surface area contributed by atoms with Gasteiger partial charge in [0.2, 0.25) is 11.8 Å². The van der Waals surface area contributed by atoms with Crippen molar-refractivity contribution >= 4 is 33.8 Å². The molecular formula is C27H29N5O3. The van der Waals surface area contributed by atoms with Crippen molar-refractivity contribution in [2.45, 2.75) is 19.8 Å². The van der Waals surface area contributed by atoms with Gasteiger partial charge < -0.3 is 24.7 Å². The summed E-state index contributed by atoms with van der Waals surface area (Å²) in [6, 6.07) is 11.7. The van der Waals surface area contributed by atoms with Crippen molar-refractivity contribution in [3.63, 3.8) is 0 Å². The summed E-state index contributed by atoms with van der Waals surface area (Å²) in [5.74, 6) is 1.60. The number of carbonyl (C=O) groups is 1. The maximum absolute atomic E-state index is 12.3. The van der Waals surface area contributed by atoms with Gasteiger partial charge in [-0.05, 0) is 75.3 Å². The summed E-state index contributed by atoms with van der Waals surface area (Å²) in [4.78, 5) is 26.7. The predicted octanol–water partition coefficient (Wildman–Crippen LogP) is 4.45. The third-order valence-electron chi connectivity index (χ3n) is 6.23. The molecule has 1 fully saturated rings. The number of aromatic amines is 1. The molecule has 0 atom stereocenters. The van der Waals surface area contributed by atoms with Gasteiger partial charge in [0.1, 0.15) is 17.8 Å². The number of nitrogens with one attached hydrogen (secondary N) is 2. The molecule has 1 aliphatic rings. The molecule has 8 heteroatoms. The maximum atomic E-state index is 12.3. The number of benzene rings is 2. The number of likely N-dealkylation sites (tertiary alicyclic amines) is 1. The second kappa shape index (κ2) is 10.1. The lowest BCUT2D eigenvalue weighted by molar-refractivity contribution is -0.116. The van der Waals surface area contributed by atoms with Crippen LogP contribution in [-0.4, -0.2) is 59.0 Å². The highest BCUT2D eigenvalue weighted by Gasteiger charge is 2.13. The number of hydrogen-bond acceptors (Lipinski definition) is 6. The van der Waals surface area contributed by atoms with Crippen LogP contribution in [0.4, 0.5) is 0 Å². The molecule has 8 nitrogen and oxygen atoms in total. The van der Waals surface area contributed by atoms with Crippen molar-refractivity contribution < 1.29 is 14.3 Å². The fraction of sp³-hybridized carbons (Fsp3) is 0.296. The zero-order valence-electron chi connectivity index (χ0n) is 20.0. The Balaban J connectivity index is 1.33. The van der Waals surface area contributed by atoms with Crippen molar-refractivity contribution in [1.29, 1.82) is 0 Å². The minimum absolute atomic E-state index is 0.131. The summed E-state index contributed by atoms with van der Waals surface area (Å²) in [6.45, 7) is 5.78. The van der Waals surface area contributed by atoms with Gasteiger partial charge in [0, 0.05) is 41.3 Å². The van der Waals surface area contributed by atoms with E-state index in [0.717, 1.165) is 47.2 Å². The zero-order valence-corrected chi connectivity index (χ0v) is 20.0. The Morgan fingerprint density at radius 3 is 2.86 bits per heavy atom. The van der Waals surface area contributed by atoms with Crippen LogP contribution >= 0.6 is 0 Å². The van der Waals surface area contributed by atoms with E-state index in [0.29, 0.717) is 29.4 Å². The number of carbonyl (C=O) groups excluding carboxylic acids is 1. The maximum Gasteiger partial charge on any atom is 0.244 e. The number of rotatable bonds is 8. The molecule has 0 aliphatic carbocycles. The van der Waals surface area contributed by atoms with Crippen molar-refractivity contribution in [2.75, 3.05) is 33.3 Å². The molecule has 0 radical (unpaired) electrons. The van der Waals surface area contributed by atoms with E-state index in [-0.39, 0.29) is 5.91 Å². The second-order valence-electron chi connectivity index (χ2n) is 8.77. The van der Waals surface area contributed by atoms with Crippen molar-refractivity contribution in [3.05, 3.63) is 60.1 Å². The van der Waals surface area contributed by atoms with E-state index in [1.54, 1.807) is 13.2 Å². The summed E-state index contributed by atoms with van der Waals surface area (Å²) in [6.07, 6.45) is 7.23. The SMILES string of the molecule is COc1cc2c(Oc3ccc4[nH]c(C)cc4c3)ncnc2cc1C=CC(=O)NCCN1CCCC1. The number of ether oxygens (including phenoxy) is 2. The smallest absolute Gasteiger partial charge is 0.244 e. The molecule has 1 aliphatic heterocycles. The number of aryl methyl sites for hydroxylation is 1. The van der Waals surface area contributed by atoms with E-state index < -0.39 is 0 Å². The summed E-state index contributed by atoms with van der Waals surface area (Å²) in [7, 11) is 1.60. The first kappa shape index (κ1) is 22.9. The Hall–Kier alpha value is -3.91. The molecule has 1 saturated heterocycles. The summed E-state index contributed by atoms with van der Waals surface area (Å²) >= 11 is 0. The quantitative estimate of drug-likeness (QED) is 0.369. The first-order valence-corrected chi connectivity index (χ1v) is 11.9. The van der Waals surface area contributed by atoms with Crippen LogP contribution < -0.4 is 14.8 Å². The van der Waals surface area contributed by atoms with Crippen LogP contribution in [0, 0.1) is 6.92 Å². The molecule has 0 spiro atoms. The first-order chi connectivity index (χ1) is 17.1. The average Bonchev–Trinajstić information content (AvgIpc) is 3.51. The van der Waals surface area contributed by atoms with Crippen LogP contribution in [0.25, 0.3) is 27.9 Å².